The molecule has 20 heavy (non-hydrogen) atoms. The minimum Gasteiger partial charge on any atom is -0.480 e. The standard InChI is InChI=1S/C15H22N2O3/c1-10(2)8-13(15(19)20)17-14(18)12(9-16)11-6-4-3-5-7-11/h3-7,10,12-13H,8-9,16H2,1-2H3,(H,17,18)(H,19,20)/t12?,13-/m0/s1. The number of carbonyl (C=O) groups is 2. The summed E-state index contributed by atoms with van der Waals surface area (Å²) in [6, 6.07) is 8.26. The largest absolute Gasteiger partial charge is 0.480 e. The smallest absolute Gasteiger partial charge is 0.326 e. The Morgan fingerprint density at radius 1 is 1.25 bits per heavy atom. The molecule has 1 aromatic rings. The summed E-state index contributed by atoms with van der Waals surface area (Å²) in [4.78, 5) is 23.4. The summed E-state index contributed by atoms with van der Waals surface area (Å²) >= 11 is 0. The summed E-state index contributed by atoms with van der Waals surface area (Å²) < 4.78 is 0. The lowest BCUT2D eigenvalue weighted by Crippen LogP contribution is -2.45. The van der Waals surface area contributed by atoms with Crippen molar-refractivity contribution in [3.63, 3.8) is 0 Å². The lowest BCUT2D eigenvalue weighted by Gasteiger charge is -2.20. The maximum Gasteiger partial charge on any atom is 0.326 e. The molecule has 0 aliphatic heterocycles. The monoisotopic (exact) mass is 278 g/mol. The molecule has 1 aromatic carbocycles. The van der Waals surface area contributed by atoms with Gasteiger partial charge in [0.05, 0.1) is 5.92 Å². The van der Waals surface area contributed by atoms with Gasteiger partial charge in [0.1, 0.15) is 6.04 Å². The zero-order valence-corrected chi connectivity index (χ0v) is 11.9. The Bertz CT molecular complexity index is 446. The van der Waals surface area contributed by atoms with Crippen LogP contribution < -0.4 is 11.1 Å². The van der Waals surface area contributed by atoms with Crippen molar-refractivity contribution in [2.45, 2.75) is 32.2 Å². The van der Waals surface area contributed by atoms with Crippen molar-refractivity contribution in [1.29, 1.82) is 0 Å². The van der Waals surface area contributed by atoms with E-state index in [2.05, 4.69) is 5.32 Å². The summed E-state index contributed by atoms with van der Waals surface area (Å²) in [5.41, 5.74) is 6.44. The molecule has 110 valence electrons. The lowest BCUT2D eigenvalue weighted by atomic mass is 9.97. The van der Waals surface area contributed by atoms with Crippen LogP contribution in [0.4, 0.5) is 0 Å². The van der Waals surface area contributed by atoms with E-state index in [-0.39, 0.29) is 18.4 Å². The van der Waals surface area contributed by atoms with Crippen molar-refractivity contribution >= 4 is 11.9 Å². The van der Waals surface area contributed by atoms with Crippen LogP contribution >= 0.6 is 0 Å². The fourth-order valence-corrected chi connectivity index (χ4v) is 2.05. The van der Waals surface area contributed by atoms with Gasteiger partial charge < -0.3 is 16.2 Å². The van der Waals surface area contributed by atoms with Gasteiger partial charge in [-0.3, -0.25) is 4.79 Å². The lowest BCUT2D eigenvalue weighted by molar-refractivity contribution is -0.142. The van der Waals surface area contributed by atoms with Crippen molar-refractivity contribution in [3.05, 3.63) is 35.9 Å². The number of rotatable bonds is 7. The maximum atomic E-state index is 12.2. The third kappa shape index (κ3) is 4.66. The number of nitrogens with two attached hydrogens (primary N) is 1. The van der Waals surface area contributed by atoms with Crippen LogP contribution in [0.25, 0.3) is 0 Å². The Labute approximate surface area is 119 Å². The second-order valence-electron chi connectivity index (χ2n) is 5.23. The third-order valence-corrected chi connectivity index (χ3v) is 3.08. The zero-order chi connectivity index (χ0) is 15.1. The Morgan fingerprint density at radius 3 is 2.30 bits per heavy atom. The van der Waals surface area contributed by atoms with Gasteiger partial charge in [0.15, 0.2) is 0 Å². The van der Waals surface area contributed by atoms with Gasteiger partial charge in [-0.05, 0) is 17.9 Å². The Hall–Kier alpha value is -1.88. The van der Waals surface area contributed by atoms with Crippen molar-refractivity contribution in [3.8, 4) is 0 Å². The molecule has 0 heterocycles. The molecule has 5 heteroatoms. The summed E-state index contributed by atoms with van der Waals surface area (Å²) in [6.07, 6.45) is 0.396. The minimum atomic E-state index is -1.02. The van der Waals surface area contributed by atoms with Crippen molar-refractivity contribution < 1.29 is 14.7 Å². The van der Waals surface area contributed by atoms with E-state index in [4.69, 9.17) is 10.8 Å². The number of carboxylic acid groups (broad SMARTS) is 1. The number of carbonyl (C=O) groups excluding carboxylic acids is 1. The molecular weight excluding hydrogens is 256 g/mol. The van der Waals surface area contributed by atoms with E-state index in [9.17, 15) is 9.59 Å². The number of nitrogens with one attached hydrogen (secondary N) is 1. The molecule has 0 saturated carbocycles. The topological polar surface area (TPSA) is 92.4 Å². The first-order valence-corrected chi connectivity index (χ1v) is 6.73. The van der Waals surface area contributed by atoms with E-state index in [0.717, 1.165) is 5.56 Å². The molecule has 0 fully saturated rings. The van der Waals surface area contributed by atoms with E-state index in [1.54, 1.807) is 0 Å². The predicted molar refractivity (Wildman–Crippen MR) is 77.3 cm³/mol. The molecule has 0 aliphatic carbocycles. The van der Waals surface area contributed by atoms with Gasteiger partial charge in [-0.2, -0.15) is 0 Å². The molecule has 0 aliphatic rings. The van der Waals surface area contributed by atoms with Crippen LogP contribution in [-0.2, 0) is 9.59 Å². The molecule has 2 atom stereocenters. The first-order chi connectivity index (χ1) is 9.45. The highest BCUT2D eigenvalue weighted by Gasteiger charge is 2.25. The summed E-state index contributed by atoms with van der Waals surface area (Å²) in [5, 5.41) is 11.7. The number of benzene rings is 1. The molecular formula is C15H22N2O3. The average Bonchev–Trinajstić information content (AvgIpc) is 2.39. The fraction of sp³-hybridized carbons (Fsp3) is 0.467. The van der Waals surface area contributed by atoms with Crippen molar-refractivity contribution in [2.24, 2.45) is 11.7 Å². The molecule has 1 amide bonds. The molecule has 1 unspecified atom stereocenters. The van der Waals surface area contributed by atoms with Crippen LogP contribution in [0.2, 0.25) is 0 Å². The van der Waals surface area contributed by atoms with Crippen LogP contribution in [0.5, 0.6) is 0 Å². The van der Waals surface area contributed by atoms with Crippen molar-refractivity contribution in [2.75, 3.05) is 6.54 Å². The number of hydrogen-bond donors (Lipinski definition) is 3. The summed E-state index contributed by atoms with van der Waals surface area (Å²) in [5.74, 6) is -1.70. The molecule has 0 spiro atoms. The average molecular weight is 278 g/mol. The Kier molecular flexibility index (Phi) is 6.18. The molecule has 0 bridgehead atoms. The van der Waals surface area contributed by atoms with Gasteiger partial charge in [0.25, 0.3) is 0 Å². The van der Waals surface area contributed by atoms with Gasteiger partial charge in [-0.1, -0.05) is 44.2 Å². The van der Waals surface area contributed by atoms with Crippen LogP contribution in [-0.4, -0.2) is 29.6 Å². The minimum absolute atomic E-state index is 0.143. The molecule has 0 aromatic heterocycles. The van der Waals surface area contributed by atoms with Gasteiger partial charge in [0, 0.05) is 6.54 Å². The van der Waals surface area contributed by atoms with Crippen LogP contribution in [0.3, 0.4) is 0 Å². The van der Waals surface area contributed by atoms with Gasteiger partial charge in [0.2, 0.25) is 5.91 Å². The van der Waals surface area contributed by atoms with Crippen molar-refractivity contribution in [1.82, 2.24) is 5.32 Å². The number of carboxylic acids is 1. The quantitative estimate of drug-likeness (QED) is 0.702. The van der Waals surface area contributed by atoms with E-state index in [0.29, 0.717) is 6.42 Å². The Morgan fingerprint density at radius 2 is 1.85 bits per heavy atom. The summed E-state index contributed by atoms with van der Waals surface area (Å²) in [7, 11) is 0. The van der Waals surface area contributed by atoms with Gasteiger partial charge >= 0.3 is 5.97 Å². The maximum absolute atomic E-state index is 12.2. The van der Waals surface area contributed by atoms with Crippen LogP contribution in [0, 0.1) is 5.92 Å². The van der Waals surface area contributed by atoms with E-state index in [1.807, 2.05) is 44.2 Å². The molecule has 5 nitrogen and oxygen atoms in total. The zero-order valence-electron chi connectivity index (χ0n) is 11.9. The third-order valence-electron chi connectivity index (χ3n) is 3.08. The van der Waals surface area contributed by atoms with Crippen LogP contribution in [0.15, 0.2) is 30.3 Å². The number of hydrogen-bond acceptors (Lipinski definition) is 3. The molecule has 0 saturated heterocycles. The molecule has 1 rings (SSSR count). The molecule has 4 N–H and O–H groups in total. The second-order valence-corrected chi connectivity index (χ2v) is 5.23. The normalized spacial score (nSPS) is 13.8. The Balaban J connectivity index is 2.78. The van der Waals surface area contributed by atoms with Crippen LogP contribution in [0.1, 0.15) is 31.7 Å². The SMILES string of the molecule is CC(C)C[C@H](NC(=O)C(CN)c1ccccc1)C(=O)O. The van der Waals surface area contributed by atoms with Gasteiger partial charge in [-0.15, -0.1) is 0 Å². The summed E-state index contributed by atoms with van der Waals surface area (Å²) in [6.45, 7) is 3.98. The van der Waals surface area contributed by atoms with E-state index >= 15 is 0 Å². The highest BCUT2D eigenvalue weighted by Crippen LogP contribution is 2.15. The molecule has 0 radical (unpaired) electrons. The predicted octanol–water partition coefficient (Wildman–Crippen LogP) is 1.34. The highest BCUT2D eigenvalue weighted by atomic mass is 16.4. The first kappa shape index (κ1) is 16.2. The number of aliphatic carboxylic acids is 1. The van der Waals surface area contributed by atoms with E-state index in [1.165, 1.54) is 0 Å². The van der Waals surface area contributed by atoms with E-state index < -0.39 is 17.9 Å². The van der Waals surface area contributed by atoms with Gasteiger partial charge in [-0.25, -0.2) is 4.79 Å². The first-order valence-electron chi connectivity index (χ1n) is 6.73. The second kappa shape index (κ2) is 7.65. The fourth-order valence-electron chi connectivity index (χ4n) is 2.05. The number of amides is 1. The highest BCUT2D eigenvalue weighted by molar-refractivity contribution is 5.88.